The highest BCUT2D eigenvalue weighted by molar-refractivity contribution is 7.99. The van der Waals surface area contributed by atoms with Crippen molar-refractivity contribution in [3.05, 3.63) is 24.0 Å². The molecule has 0 aliphatic carbocycles. The summed E-state index contributed by atoms with van der Waals surface area (Å²) >= 11 is 1.73. The zero-order valence-electron chi connectivity index (χ0n) is 7.69. The van der Waals surface area contributed by atoms with Crippen LogP contribution in [-0.4, -0.2) is 24.5 Å². The number of nitrogens with zero attached hydrogens (tertiary/aromatic N) is 1. The molecule has 0 bridgehead atoms. The molecule has 13 heavy (non-hydrogen) atoms. The molecule has 0 aromatic carbocycles. The van der Waals surface area contributed by atoms with E-state index < -0.39 is 0 Å². The molecule has 4 heteroatoms. The molecule has 0 aliphatic rings. The van der Waals surface area contributed by atoms with Crippen LogP contribution in [0, 0.1) is 0 Å². The molecule has 0 atom stereocenters. The Morgan fingerprint density at radius 1 is 1.62 bits per heavy atom. The average Bonchev–Trinajstić information content (AvgIpc) is 2.19. The quantitative estimate of drug-likeness (QED) is 0.572. The van der Waals surface area contributed by atoms with E-state index in [-0.39, 0.29) is 0 Å². The van der Waals surface area contributed by atoms with Gasteiger partial charge < -0.3 is 10.5 Å². The molecule has 0 fully saturated rings. The Morgan fingerprint density at radius 2 is 2.46 bits per heavy atom. The summed E-state index contributed by atoms with van der Waals surface area (Å²) in [4.78, 5) is 5.21. The first-order chi connectivity index (χ1) is 6.38. The first-order valence-electron chi connectivity index (χ1n) is 4.13. The van der Waals surface area contributed by atoms with Crippen LogP contribution in [0.3, 0.4) is 0 Å². The van der Waals surface area contributed by atoms with E-state index in [4.69, 9.17) is 10.5 Å². The molecule has 0 spiro atoms. The van der Waals surface area contributed by atoms with E-state index in [1.165, 1.54) is 0 Å². The Morgan fingerprint density at radius 3 is 3.15 bits per heavy atom. The molecule has 3 nitrogen and oxygen atoms in total. The van der Waals surface area contributed by atoms with E-state index >= 15 is 0 Å². The topological polar surface area (TPSA) is 48.1 Å². The van der Waals surface area contributed by atoms with Crippen molar-refractivity contribution in [2.45, 2.75) is 11.4 Å². The maximum absolute atomic E-state index is 5.58. The van der Waals surface area contributed by atoms with Crippen molar-refractivity contribution in [1.29, 1.82) is 0 Å². The minimum absolute atomic E-state index is 0.567. The number of nitrogens with two attached hydrogens (primary N) is 1. The van der Waals surface area contributed by atoms with Gasteiger partial charge in [0.2, 0.25) is 0 Å². The number of hydrogen-bond donors (Lipinski definition) is 1. The van der Waals surface area contributed by atoms with Gasteiger partial charge in [0.05, 0.1) is 6.61 Å². The monoisotopic (exact) mass is 198 g/mol. The summed E-state index contributed by atoms with van der Waals surface area (Å²) in [6.07, 6.45) is 3.62. The minimum atomic E-state index is 0.567. The molecular formula is C9H14N2OS. The highest BCUT2D eigenvalue weighted by atomic mass is 32.2. The number of hydrogen-bond acceptors (Lipinski definition) is 4. The van der Waals surface area contributed by atoms with Gasteiger partial charge in [0.15, 0.2) is 0 Å². The normalized spacial score (nSPS) is 10.3. The molecule has 0 saturated heterocycles. The maximum atomic E-state index is 5.58. The van der Waals surface area contributed by atoms with E-state index in [1.54, 1.807) is 25.1 Å². The number of thioether (sulfide) groups is 1. The lowest BCUT2D eigenvalue weighted by Gasteiger charge is -2.05. The fourth-order valence-electron chi connectivity index (χ4n) is 0.942. The molecule has 0 aliphatic heterocycles. The van der Waals surface area contributed by atoms with Crippen molar-refractivity contribution in [2.75, 3.05) is 19.5 Å². The maximum Gasteiger partial charge on any atom is 0.0556 e. The molecule has 0 amide bonds. The van der Waals surface area contributed by atoms with Crippen LogP contribution in [0.2, 0.25) is 0 Å². The van der Waals surface area contributed by atoms with Crippen LogP contribution in [0.4, 0.5) is 0 Å². The molecule has 1 aromatic rings. The summed E-state index contributed by atoms with van der Waals surface area (Å²) in [5.41, 5.74) is 6.73. The van der Waals surface area contributed by atoms with Gasteiger partial charge >= 0.3 is 0 Å². The van der Waals surface area contributed by atoms with Crippen molar-refractivity contribution in [2.24, 2.45) is 5.73 Å². The van der Waals surface area contributed by atoms with Crippen molar-refractivity contribution in [3.63, 3.8) is 0 Å². The van der Waals surface area contributed by atoms with Gasteiger partial charge in [-0.05, 0) is 11.6 Å². The minimum Gasteiger partial charge on any atom is -0.384 e. The second kappa shape index (κ2) is 5.96. The predicted octanol–water partition coefficient (Wildman–Crippen LogP) is 1.28. The van der Waals surface area contributed by atoms with E-state index in [1.807, 2.05) is 12.3 Å². The van der Waals surface area contributed by atoms with Crippen LogP contribution in [0.1, 0.15) is 5.56 Å². The Bertz CT molecular complexity index is 255. The van der Waals surface area contributed by atoms with Gasteiger partial charge in [-0.2, -0.15) is 0 Å². The molecule has 1 rings (SSSR count). The number of methoxy groups -OCH3 is 1. The van der Waals surface area contributed by atoms with Crippen LogP contribution in [-0.2, 0) is 11.3 Å². The third kappa shape index (κ3) is 3.34. The molecule has 0 radical (unpaired) electrons. The smallest absolute Gasteiger partial charge is 0.0556 e. The molecule has 0 unspecified atom stereocenters. The first kappa shape index (κ1) is 10.5. The standard InChI is InChI=1S/C9H14N2OS/c1-12-4-5-13-9-7-11-3-2-8(9)6-10/h2-3,7H,4-6,10H2,1H3. The Labute approximate surface area is 82.7 Å². The number of pyridine rings is 1. The molecule has 72 valence electrons. The highest BCUT2D eigenvalue weighted by Crippen LogP contribution is 2.20. The van der Waals surface area contributed by atoms with Gasteiger partial charge in [-0.25, -0.2) is 0 Å². The van der Waals surface area contributed by atoms with Crippen molar-refractivity contribution in [3.8, 4) is 0 Å². The fourth-order valence-corrected chi connectivity index (χ4v) is 1.88. The lowest BCUT2D eigenvalue weighted by Crippen LogP contribution is -2.00. The van der Waals surface area contributed by atoms with Gasteiger partial charge in [-0.15, -0.1) is 11.8 Å². The van der Waals surface area contributed by atoms with Gasteiger partial charge in [-0.3, -0.25) is 4.98 Å². The summed E-state index contributed by atoms with van der Waals surface area (Å²) in [6.45, 7) is 1.32. The first-order valence-corrected chi connectivity index (χ1v) is 5.11. The summed E-state index contributed by atoms with van der Waals surface area (Å²) < 4.78 is 4.96. The van der Waals surface area contributed by atoms with E-state index in [0.717, 1.165) is 22.8 Å². The summed E-state index contributed by atoms with van der Waals surface area (Å²) in [6, 6.07) is 1.95. The van der Waals surface area contributed by atoms with Crippen LogP contribution >= 0.6 is 11.8 Å². The van der Waals surface area contributed by atoms with Crippen LogP contribution in [0.15, 0.2) is 23.4 Å². The summed E-state index contributed by atoms with van der Waals surface area (Å²) in [7, 11) is 1.70. The number of aromatic nitrogens is 1. The third-order valence-electron chi connectivity index (χ3n) is 1.64. The van der Waals surface area contributed by atoms with E-state index in [9.17, 15) is 0 Å². The SMILES string of the molecule is COCCSc1cnccc1CN. The molecule has 1 aromatic heterocycles. The van der Waals surface area contributed by atoms with Crippen LogP contribution < -0.4 is 5.73 Å². The summed E-state index contributed by atoms with van der Waals surface area (Å²) in [5, 5.41) is 0. The average molecular weight is 198 g/mol. The summed E-state index contributed by atoms with van der Waals surface area (Å²) in [5.74, 6) is 0.940. The molecule has 0 saturated carbocycles. The zero-order valence-corrected chi connectivity index (χ0v) is 8.51. The second-order valence-corrected chi connectivity index (χ2v) is 3.67. The highest BCUT2D eigenvalue weighted by Gasteiger charge is 2.00. The molecule has 1 heterocycles. The van der Waals surface area contributed by atoms with Crippen molar-refractivity contribution >= 4 is 11.8 Å². The molecule has 2 N–H and O–H groups in total. The lowest BCUT2D eigenvalue weighted by molar-refractivity contribution is 0.218. The van der Waals surface area contributed by atoms with Gasteiger partial charge in [0.1, 0.15) is 0 Å². The Kier molecular flexibility index (Phi) is 4.82. The van der Waals surface area contributed by atoms with E-state index in [0.29, 0.717) is 6.54 Å². The van der Waals surface area contributed by atoms with Crippen LogP contribution in [0.25, 0.3) is 0 Å². The zero-order chi connectivity index (χ0) is 9.52. The van der Waals surface area contributed by atoms with Gasteiger partial charge in [-0.1, -0.05) is 0 Å². The fraction of sp³-hybridized carbons (Fsp3) is 0.444. The van der Waals surface area contributed by atoms with E-state index in [2.05, 4.69) is 4.98 Å². The van der Waals surface area contributed by atoms with Crippen LogP contribution in [0.5, 0.6) is 0 Å². The van der Waals surface area contributed by atoms with Crippen molar-refractivity contribution in [1.82, 2.24) is 4.98 Å². The van der Waals surface area contributed by atoms with Gasteiger partial charge in [0.25, 0.3) is 0 Å². The third-order valence-corrected chi connectivity index (χ3v) is 2.68. The van der Waals surface area contributed by atoms with Gasteiger partial charge in [0, 0.05) is 36.7 Å². The Hall–Kier alpha value is -0.580. The second-order valence-electron chi connectivity index (χ2n) is 2.53. The van der Waals surface area contributed by atoms with Crippen molar-refractivity contribution < 1.29 is 4.74 Å². The predicted molar refractivity (Wildman–Crippen MR) is 54.7 cm³/mol. The lowest BCUT2D eigenvalue weighted by atomic mass is 10.3. The molecular weight excluding hydrogens is 184 g/mol. The largest absolute Gasteiger partial charge is 0.384 e. The number of ether oxygens (including phenoxy) is 1. The Balaban J connectivity index is 2.54. The number of rotatable bonds is 5.